The Kier molecular flexibility index (Phi) is 6.27. The van der Waals surface area contributed by atoms with Gasteiger partial charge in [-0.05, 0) is 48.6 Å². The molecule has 7 nitrogen and oxygen atoms in total. The second-order valence-electron chi connectivity index (χ2n) is 7.33. The molecule has 7 heteroatoms. The van der Waals surface area contributed by atoms with Gasteiger partial charge in [0.2, 0.25) is 0 Å². The van der Waals surface area contributed by atoms with Crippen molar-refractivity contribution in [3.63, 3.8) is 0 Å². The molecule has 0 atom stereocenters. The van der Waals surface area contributed by atoms with E-state index in [1.807, 2.05) is 42.5 Å². The van der Waals surface area contributed by atoms with Gasteiger partial charge < -0.3 is 19.5 Å². The van der Waals surface area contributed by atoms with E-state index in [4.69, 9.17) is 14.2 Å². The summed E-state index contributed by atoms with van der Waals surface area (Å²) in [4.78, 5) is 20.6. The highest BCUT2D eigenvalue weighted by atomic mass is 16.5. The molecule has 0 spiro atoms. The molecule has 1 heterocycles. The fourth-order valence-electron chi connectivity index (χ4n) is 3.69. The van der Waals surface area contributed by atoms with Gasteiger partial charge in [0.05, 0.1) is 7.11 Å². The van der Waals surface area contributed by atoms with Gasteiger partial charge >= 0.3 is 0 Å². The summed E-state index contributed by atoms with van der Waals surface area (Å²) in [6, 6.07) is 14.0. The van der Waals surface area contributed by atoms with Crippen LogP contribution in [-0.2, 0) is 4.79 Å². The quantitative estimate of drug-likeness (QED) is 0.645. The van der Waals surface area contributed by atoms with Crippen LogP contribution in [0.4, 0.5) is 0 Å². The first-order valence-corrected chi connectivity index (χ1v) is 10.1. The van der Waals surface area contributed by atoms with Gasteiger partial charge in [-0.15, -0.1) is 0 Å². The van der Waals surface area contributed by atoms with E-state index in [2.05, 4.69) is 15.3 Å². The molecule has 0 radical (unpaired) electrons. The Morgan fingerprint density at radius 3 is 2.50 bits per heavy atom. The monoisotopic (exact) mass is 407 g/mol. The molecular weight excluding hydrogens is 382 g/mol. The number of nitrogens with zero attached hydrogens (tertiary/aromatic N) is 2. The van der Waals surface area contributed by atoms with Crippen molar-refractivity contribution < 1.29 is 19.0 Å². The van der Waals surface area contributed by atoms with Gasteiger partial charge in [0, 0.05) is 18.4 Å². The Morgan fingerprint density at radius 2 is 1.73 bits per heavy atom. The van der Waals surface area contributed by atoms with Gasteiger partial charge in [0.1, 0.15) is 11.9 Å². The summed E-state index contributed by atoms with van der Waals surface area (Å²) in [6.45, 7) is 0.00553. The van der Waals surface area contributed by atoms with Crippen LogP contribution in [0.3, 0.4) is 0 Å². The predicted molar refractivity (Wildman–Crippen MR) is 113 cm³/mol. The largest absolute Gasteiger partial charge is 0.484 e. The summed E-state index contributed by atoms with van der Waals surface area (Å²) in [5.41, 5.74) is 0. The van der Waals surface area contributed by atoms with E-state index in [0.29, 0.717) is 17.5 Å². The third-order valence-corrected chi connectivity index (χ3v) is 5.24. The lowest BCUT2D eigenvalue weighted by atomic mass is 9.93. The number of ether oxygens (including phenoxy) is 3. The zero-order valence-electron chi connectivity index (χ0n) is 16.9. The standard InChI is InChI=1S/C23H25N3O4/c1-28-22-23(25-13-12-24-22)30-19-10-7-18(8-11-19)26-21(27)15-29-20-9-6-16-4-2-3-5-17(16)14-20/h2-6,9,12-14,18-19H,7-8,10-11,15H2,1H3,(H,26,27). The van der Waals surface area contributed by atoms with Gasteiger partial charge in [-0.2, -0.15) is 0 Å². The number of benzene rings is 2. The van der Waals surface area contributed by atoms with Crippen LogP contribution < -0.4 is 19.5 Å². The maximum atomic E-state index is 12.3. The number of nitrogens with one attached hydrogen (secondary N) is 1. The molecular formula is C23H25N3O4. The van der Waals surface area contributed by atoms with Crippen molar-refractivity contribution in [1.82, 2.24) is 15.3 Å². The SMILES string of the molecule is COc1nccnc1OC1CCC(NC(=O)COc2ccc3ccccc3c2)CC1. The number of hydrogen-bond acceptors (Lipinski definition) is 6. The zero-order valence-corrected chi connectivity index (χ0v) is 16.9. The Bertz CT molecular complexity index is 1000. The predicted octanol–water partition coefficient (Wildman–Crippen LogP) is 3.52. The van der Waals surface area contributed by atoms with E-state index < -0.39 is 0 Å². The number of hydrogen-bond donors (Lipinski definition) is 1. The molecule has 2 aromatic carbocycles. The van der Waals surface area contributed by atoms with Gasteiger partial charge in [0.15, 0.2) is 6.61 Å². The maximum absolute atomic E-state index is 12.3. The molecule has 1 aliphatic carbocycles. The Hall–Kier alpha value is -3.35. The first-order chi connectivity index (χ1) is 14.7. The number of carbonyl (C=O) groups excluding carboxylic acids is 1. The van der Waals surface area contributed by atoms with E-state index in [-0.39, 0.29) is 24.7 Å². The number of methoxy groups -OCH3 is 1. The van der Waals surface area contributed by atoms with Crippen LogP contribution in [0.15, 0.2) is 54.9 Å². The number of amides is 1. The first kappa shape index (κ1) is 19.9. The molecule has 3 aromatic rings. The van der Waals surface area contributed by atoms with E-state index in [9.17, 15) is 4.79 Å². The highest BCUT2D eigenvalue weighted by Crippen LogP contribution is 2.27. The van der Waals surface area contributed by atoms with E-state index in [1.165, 1.54) is 0 Å². The number of carbonyl (C=O) groups is 1. The maximum Gasteiger partial charge on any atom is 0.278 e. The van der Waals surface area contributed by atoms with E-state index in [1.54, 1.807) is 19.5 Å². The Morgan fingerprint density at radius 1 is 1.00 bits per heavy atom. The molecule has 0 saturated heterocycles. The third-order valence-electron chi connectivity index (χ3n) is 5.24. The Labute approximate surface area is 175 Å². The van der Waals surface area contributed by atoms with Crippen molar-refractivity contribution in [3.05, 3.63) is 54.9 Å². The summed E-state index contributed by atoms with van der Waals surface area (Å²) in [5.74, 6) is 1.39. The third kappa shape index (κ3) is 4.97. The molecule has 0 unspecified atom stereocenters. The average molecular weight is 407 g/mol. The van der Waals surface area contributed by atoms with Crippen LogP contribution in [0.5, 0.6) is 17.5 Å². The molecule has 30 heavy (non-hydrogen) atoms. The second-order valence-corrected chi connectivity index (χ2v) is 7.33. The normalized spacial score (nSPS) is 18.6. The molecule has 1 fully saturated rings. The van der Waals surface area contributed by atoms with Crippen LogP contribution in [0, 0.1) is 0 Å². The van der Waals surface area contributed by atoms with Crippen LogP contribution in [0.2, 0.25) is 0 Å². The summed E-state index contributed by atoms with van der Waals surface area (Å²) in [5, 5.41) is 5.30. The number of rotatable bonds is 7. The lowest BCUT2D eigenvalue weighted by Gasteiger charge is -2.29. The van der Waals surface area contributed by atoms with Crippen LogP contribution in [0.1, 0.15) is 25.7 Å². The first-order valence-electron chi connectivity index (χ1n) is 10.1. The van der Waals surface area contributed by atoms with Crippen molar-refractivity contribution in [3.8, 4) is 17.5 Å². The summed E-state index contributed by atoms with van der Waals surface area (Å²) in [7, 11) is 1.54. The lowest BCUT2D eigenvalue weighted by Crippen LogP contribution is -2.41. The van der Waals surface area contributed by atoms with Crippen molar-refractivity contribution >= 4 is 16.7 Å². The molecule has 1 N–H and O–H groups in total. The molecule has 1 aromatic heterocycles. The second kappa shape index (κ2) is 9.43. The van der Waals surface area contributed by atoms with Gasteiger partial charge in [-0.25, -0.2) is 9.97 Å². The molecule has 0 aliphatic heterocycles. The summed E-state index contributed by atoms with van der Waals surface area (Å²) < 4.78 is 16.8. The van der Waals surface area contributed by atoms with Gasteiger partial charge in [-0.1, -0.05) is 30.3 Å². The molecule has 1 saturated carbocycles. The minimum Gasteiger partial charge on any atom is -0.484 e. The van der Waals surface area contributed by atoms with Crippen molar-refractivity contribution in [2.24, 2.45) is 0 Å². The smallest absolute Gasteiger partial charge is 0.278 e. The van der Waals surface area contributed by atoms with Gasteiger partial charge in [-0.3, -0.25) is 4.79 Å². The minimum absolute atomic E-state index is 0.00553. The van der Waals surface area contributed by atoms with Crippen LogP contribution in [0.25, 0.3) is 10.8 Å². The van der Waals surface area contributed by atoms with E-state index >= 15 is 0 Å². The van der Waals surface area contributed by atoms with Crippen molar-refractivity contribution in [2.45, 2.75) is 37.8 Å². The highest BCUT2D eigenvalue weighted by Gasteiger charge is 2.25. The molecule has 4 rings (SSSR count). The highest BCUT2D eigenvalue weighted by molar-refractivity contribution is 5.84. The van der Waals surface area contributed by atoms with Crippen LogP contribution in [-0.4, -0.2) is 41.7 Å². The van der Waals surface area contributed by atoms with Crippen molar-refractivity contribution in [2.75, 3.05) is 13.7 Å². The molecule has 1 amide bonds. The molecule has 1 aliphatic rings. The topological polar surface area (TPSA) is 82.6 Å². The fraction of sp³-hybridized carbons (Fsp3) is 0.348. The number of aromatic nitrogens is 2. The molecule has 156 valence electrons. The van der Waals surface area contributed by atoms with E-state index in [0.717, 1.165) is 36.5 Å². The molecule has 0 bridgehead atoms. The van der Waals surface area contributed by atoms with Crippen molar-refractivity contribution in [1.29, 1.82) is 0 Å². The summed E-state index contributed by atoms with van der Waals surface area (Å²) >= 11 is 0. The Balaban J connectivity index is 1.22. The van der Waals surface area contributed by atoms with Crippen LogP contribution >= 0.6 is 0 Å². The summed E-state index contributed by atoms with van der Waals surface area (Å²) in [6.07, 6.45) is 6.53. The fourth-order valence-corrected chi connectivity index (χ4v) is 3.69. The zero-order chi connectivity index (χ0) is 20.8. The lowest BCUT2D eigenvalue weighted by molar-refractivity contribution is -0.124. The average Bonchev–Trinajstić information content (AvgIpc) is 2.79. The number of fused-ring (bicyclic) bond motifs is 1. The minimum atomic E-state index is -0.108. The van der Waals surface area contributed by atoms with Gasteiger partial charge in [0.25, 0.3) is 17.7 Å².